The van der Waals surface area contributed by atoms with Gasteiger partial charge in [0.2, 0.25) is 0 Å². The third-order valence-corrected chi connectivity index (χ3v) is 11.0. The van der Waals surface area contributed by atoms with Crippen molar-refractivity contribution >= 4 is 71.6 Å². The molecular formula is C52H34N2O. The van der Waals surface area contributed by atoms with Crippen LogP contribution < -0.4 is 4.90 Å². The first-order valence-corrected chi connectivity index (χ1v) is 18.8. The van der Waals surface area contributed by atoms with Crippen LogP contribution in [0.25, 0.3) is 82.5 Å². The lowest BCUT2D eigenvalue weighted by molar-refractivity contribution is 0.669. The minimum absolute atomic E-state index is 0.883. The molecule has 3 heteroatoms. The van der Waals surface area contributed by atoms with E-state index in [0.717, 1.165) is 55.8 Å². The quantitative estimate of drug-likeness (QED) is 0.172. The van der Waals surface area contributed by atoms with E-state index < -0.39 is 0 Å². The van der Waals surface area contributed by atoms with Crippen LogP contribution in [-0.2, 0) is 0 Å². The van der Waals surface area contributed by atoms with E-state index in [-0.39, 0.29) is 0 Å². The predicted molar refractivity (Wildman–Crippen MR) is 231 cm³/mol. The lowest BCUT2D eigenvalue weighted by atomic mass is 9.96. The second-order valence-corrected chi connectivity index (χ2v) is 14.1. The Kier molecular flexibility index (Phi) is 7.17. The third kappa shape index (κ3) is 5.13. The molecule has 258 valence electrons. The standard InChI is InChI=1S/C52H34N2O/c1-2-14-37-33-38(28-27-35(37)13-1)36-29-31-39(32-30-36)53(40-15-11-16-41(34-40)54-48-23-8-3-17-42(48)43-18-4-9-24-49(43)54)47-22-7-5-19-44(47)45-21-12-26-51-52(45)46-20-6-10-25-50(46)55-51/h1-34H. The fourth-order valence-corrected chi connectivity index (χ4v) is 8.47. The van der Waals surface area contributed by atoms with Crippen LogP contribution in [0.2, 0.25) is 0 Å². The molecule has 0 spiro atoms. The number of aromatic nitrogens is 1. The fraction of sp³-hybridized carbons (Fsp3) is 0. The summed E-state index contributed by atoms with van der Waals surface area (Å²) in [6.07, 6.45) is 0. The van der Waals surface area contributed by atoms with Gasteiger partial charge in [-0.2, -0.15) is 0 Å². The molecule has 0 aliphatic carbocycles. The van der Waals surface area contributed by atoms with Crippen LogP contribution in [0.3, 0.4) is 0 Å². The average molecular weight is 703 g/mol. The normalized spacial score (nSPS) is 11.6. The Morgan fingerprint density at radius 1 is 0.382 bits per heavy atom. The zero-order valence-corrected chi connectivity index (χ0v) is 29.9. The first-order valence-electron chi connectivity index (χ1n) is 18.8. The number of rotatable bonds is 6. The summed E-state index contributed by atoms with van der Waals surface area (Å²) >= 11 is 0. The molecule has 0 radical (unpaired) electrons. The van der Waals surface area contributed by atoms with E-state index >= 15 is 0 Å². The molecule has 0 atom stereocenters. The minimum atomic E-state index is 0.883. The molecular weight excluding hydrogens is 669 g/mol. The summed E-state index contributed by atoms with van der Waals surface area (Å²) in [5.74, 6) is 0. The smallest absolute Gasteiger partial charge is 0.136 e. The Balaban J connectivity index is 1.12. The molecule has 0 saturated heterocycles. The van der Waals surface area contributed by atoms with Gasteiger partial charge in [0.25, 0.3) is 0 Å². The van der Waals surface area contributed by atoms with Crippen molar-refractivity contribution in [3.63, 3.8) is 0 Å². The first kappa shape index (κ1) is 31.2. The van der Waals surface area contributed by atoms with Gasteiger partial charge >= 0.3 is 0 Å². The molecule has 0 amide bonds. The maximum absolute atomic E-state index is 6.38. The highest BCUT2D eigenvalue weighted by Crippen LogP contribution is 2.45. The van der Waals surface area contributed by atoms with Gasteiger partial charge < -0.3 is 13.9 Å². The summed E-state index contributed by atoms with van der Waals surface area (Å²) in [5.41, 5.74) is 13.1. The van der Waals surface area contributed by atoms with Crippen molar-refractivity contribution in [1.29, 1.82) is 0 Å². The highest BCUT2D eigenvalue weighted by molar-refractivity contribution is 6.14. The zero-order chi connectivity index (χ0) is 36.3. The molecule has 2 aromatic heterocycles. The Bertz CT molecular complexity index is 3170. The van der Waals surface area contributed by atoms with Crippen LogP contribution in [0.4, 0.5) is 17.1 Å². The van der Waals surface area contributed by atoms with E-state index in [1.54, 1.807) is 0 Å². The number of anilines is 3. The maximum Gasteiger partial charge on any atom is 0.136 e. The topological polar surface area (TPSA) is 21.3 Å². The van der Waals surface area contributed by atoms with E-state index in [1.165, 1.54) is 43.7 Å². The second-order valence-electron chi connectivity index (χ2n) is 14.1. The average Bonchev–Trinajstić information content (AvgIpc) is 3.80. The molecule has 11 aromatic rings. The van der Waals surface area contributed by atoms with E-state index in [1.807, 2.05) is 6.07 Å². The maximum atomic E-state index is 6.38. The van der Waals surface area contributed by atoms with Crippen molar-refractivity contribution in [1.82, 2.24) is 4.57 Å². The number of hydrogen-bond donors (Lipinski definition) is 0. The SMILES string of the molecule is c1cc(N(c2ccc(-c3ccc4ccccc4c3)cc2)c2ccccc2-c2cccc3oc4ccccc4c23)cc(-n2c3ccccc3c3ccccc32)c1. The van der Waals surface area contributed by atoms with Crippen LogP contribution in [-0.4, -0.2) is 4.57 Å². The third-order valence-electron chi connectivity index (χ3n) is 11.0. The van der Waals surface area contributed by atoms with Crippen LogP contribution in [0.1, 0.15) is 0 Å². The Morgan fingerprint density at radius 2 is 1.00 bits per heavy atom. The number of nitrogens with zero attached hydrogens (tertiary/aromatic N) is 2. The number of furan rings is 1. The lowest BCUT2D eigenvalue weighted by Gasteiger charge is -2.29. The highest BCUT2D eigenvalue weighted by atomic mass is 16.3. The molecule has 0 unspecified atom stereocenters. The molecule has 3 nitrogen and oxygen atoms in total. The van der Waals surface area contributed by atoms with Crippen molar-refractivity contribution in [2.45, 2.75) is 0 Å². The summed E-state index contributed by atoms with van der Waals surface area (Å²) in [6, 6.07) is 74.0. The van der Waals surface area contributed by atoms with Gasteiger partial charge in [-0.3, -0.25) is 0 Å². The monoisotopic (exact) mass is 702 g/mol. The van der Waals surface area contributed by atoms with Gasteiger partial charge in [0.1, 0.15) is 11.2 Å². The van der Waals surface area contributed by atoms with Gasteiger partial charge in [-0.15, -0.1) is 0 Å². The Hall–Kier alpha value is -7.36. The second kappa shape index (κ2) is 12.6. The van der Waals surface area contributed by atoms with E-state index in [4.69, 9.17) is 4.42 Å². The van der Waals surface area contributed by atoms with Crippen molar-refractivity contribution < 1.29 is 4.42 Å². The number of benzene rings is 9. The predicted octanol–water partition coefficient (Wildman–Crippen LogP) is 14.6. The van der Waals surface area contributed by atoms with Gasteiger partial charge in [0, 0.05) is 44.2 Å². The fourth-order valence-electron chi connectivity index (χ4n) is 8.47. The molecule has 0 N–H and O–H groups in total. The van der Waals surface area contributed by atoms with Crippen LogP contribution >= 0.6 is 0 Å². The van der Waals surface area contributed by atoms with Gasteiger partial charge in [0.15, 0.2) is 0 Å². The van der Waals surface area contributed by atoms with E-state index in [9.17, 15) is 0 Å². The number of hydrogen-bond acceptors (Lipinski definition) is 2. The molecule has 0 fully saturated rings. The summed E-state index contributed by atoms with van der Waals surface area (Å²) < 4.78 is 8.77. The van der Waals surface area contributed by atoms with Gasteiger partial charge in [-0.1, -0.05) is 140 Å². The molecule has 0 aliphatic heterocycles. The zero-order valence-electron chi connectivity index (χ0n) is 29.9. The first-order chi connectivity index (χ1) is 27.3. The van der Waals surface area contributed by atoms with Crippen molar-refractivity contribution in [3.8, 4) is 27.9 Å². The van der Waals surface area contributed by atoms with Crippen LogP contribution in [0.5, 0.6) is 0 Å². The van der Waals surface area contributed by atoms with Crippen molar-refractivity contribution in [2.24, 2.45) is 0 Å². The highest BCUT2D eigenvalue weighted by Gasteiger charge is 2.21. The molecule has 0 bridgehead atoms. The number of para-hydroxylation sites is 4. The molecule has 9 aromatic carbocycles. The van der Waals surface area contributed by atoms with Crippen molar-refractivity contribution in [2.75, 3.05) is 4.90 Å². The van der Waals surface area contributed by atoms with Gasteiger partial charge in [-0.25, -0.2) is 0 Å². The van der Waals surface area contributed by atoms with Crippen LogP contribution in [0.15, 0.2) is 211 Å². The summed E-state index contributed by atoms with van der Waals surface area (Å²) in [6.45, 7) is 0. The van der Waals surface area contributed by atoms with E-state index in [2.05, 4.69) is 210 Å². The Labute approximate surface area is 318 Å². The van der Waals surface area contributed by atoms with Crippen LogP contribution in [0, 0.1) is 0 Å². The molecule has 11 rings (SSSR count). The van der Waals surface area contributed by atoms with Crippen molar-refractivity contribution in [3.05, 3.63) is 206 Å². The molecule has 2 heterocycles. The summed E-state index contributed by atoms with van der Waals surface area (Å²) in [4.78, 5) is 2.40. The number of fused-ring (bicyclic) bond motifs is 7. The van der Waals surface area contributed by atoms with E-state index in [0.29, 0.717) is 0 Å². The molecule has 0 saturated carbocycles. The van der Waals surface area contributed by atoms with Gasteiger partial charge in [-0.05, 0) is 94.2 Å². The minimum Gasteiger partial charge on any atom is -0.456 e. The molecule has 0 aliphatic rings. The summed E-state index contributed by atoms with van der Waals surface area (Å²) in [7, 11) is 0. The summed E-state index contributed by atoms with van der Waals surface area (Å²) in [5, 5.41) is 7.21. The molecule has 55 heavy (non-hydrogen) atoms. The largest absolute Gasteiger partial charge is 0.456 e. The Morgan fingerprint density at radius 3 is 1.82 bits per heavy atom. The van der Waals surface area contributed by atoms with Gasteiger partial charge in [0.05, 0.1) is 16.7 Å². The lowest BCUT2D eigenvalue weighted by Crippen LogP contribution is -2.12.